The van der Waals surface area contributed by atoms with Crippen molar-refractivity contribution in [3.05, 3.63) is 65.3 Å². The van der Waals surface area contributed by atoms with Gasteiger partial charge >= 0.3 is 23.9 Å². The zero-order valence-electron chi connectivity index (χ0n) is 38.8. The summed E-state index contributed by atoms with van der Waals surface area (Å²) in [6.45, 7) is 6.46. The minimum absolute atomic E-state index is 0.0231. The number of thioether (sulfide) groups is 4. The van der Waals surface area contributed by atoms with Crippen LogP contribution in [0.25, 0.3) is 11.0 Å². The van der Waals surface area contributed by atoms with Crippen LogP contribution in [0.4, 0.5) is 0 Å². The maximum Gasteiger partial charge on any atom is 0.344 e. The number of halogens is 1. The van der Waals surface area contributed by atoms with Crippen LogP contribution in [-0.4, -0.2) is 162 Å². The van der Waals surface area contributed by atoms with Gasteiger partial charge in [-0.25, -0.2) is 33.4 Å². The van der Waals surface area contributed by atoms with Crippen molar-refractivity contribution in [2.24, 2.45) is 14.1 Å². The van der Waals surface area contributed by atoms with E-state index in [4.69, 9.17) is 35.0 Å². The molecular formula is C38H49ClN16O10S4. The van der Waals surface area contributed by atoms with E-state index in [-0.39, 0.29) is 32.3 Å². The monoisotopic (exact) mass is 1050 g/mol. The molecule has 0 unspecified atom stereocenters. The third-order valence-corrected chi connectivity index (χ3v) is 10.2. The number of rotatable bonds is 17. The van der Waals surface area contributed by atoms with Crippen LogP contribution in [0.15, 0.2) is 73.9 Å². The number of carbonyl (C=O) groups is 4. The Hall–Kier alpha value is -6.21. The molecule has 2 aromatic carbocycles. The van der Waals surface area contributed by atoms with Crippen LogP contribution in [0.1, 0.15) is 30.1 Å². The Kier molecular flexibility index (Phi) is 26.3. The lowest BCUT2D eigenvalue weighted by Crippen LogP contribution is -2.17. The molecule has 0 aliphatic heterocycles. The smallest absolute Gasteiger partial charge is 0.344 e. The zero-order valence-corrected chi connectivity index (χ0v) is 42.8. The number of hydrogen-bond acceptors (Lipinski definition) is 26. The van der Waals surface area contributed by atoms with Crippen molar-refractivity contribution < 1.29 is 47.3 Å². The van der Waals surface area contributed by atoms with E-state index in [2.05, 4.69) is 66.4 Å². The fourth-order valence-electron chi connectivity index (χ4n) is 4.54. The average Bonchev–Trinajstić information content (AvgIpc) is 4.22. The molecule has 0 radical (unpaired) electrons. The van der Waals surface area contributed by atoms with Gasteiger partial charge in [0.2, 0.25) is 21.4 Å². The van der Waals surface area contributed by atoms with Crippen LogP contribution in [0.2, 0.25) is 5.02 Å². The molecule has 0 spiro atoms. The van der Waals surface area contributed by atoms with Crippen LogP contribution in [0, 0.1) is 6.92 Å². The topological polar surface area (TPSA) is 302 Å². The average molecular weight is 1050 g/mol. The molecule has 0 N–H and O–H groups in total. The quantitative estimate of drug-likeness (QED) is 0.0410. The van der Waals surface area contributed by atoms with Crippen molar-refractivity contribution in [3.8, 4) is 5.75 Å². The maximum absolute atomic E-state index is 11.8. The molecule has 69 heavy (non-hydrogen) atoms. The summed E-state index contributed by atoms with van der Waals surface area (Å²) in [5.74, 6) is -0.921. The van der Waals surface area contributed by atoms with Crippen LogP contribution < -0.4 is 4.74 Å². The zero-order chi connectivity index (χ0) is 50.6. The summed E-state index contributed by atoms with van der Waals surface area (Å²) in [7, 11) is 3.58. The van der Waals surface area contributed by atoms with Crippen molar-refractivity contribution in [3.63, 3.8) is 0 Å². The Balaban J connectivity index is 0.000000237. The van der Waals surface area contributed by atoms with Crippen molar-refractivity contribution in [2.45, 2.75) is 54.6 Å². The molecule has 0 aliphatic carbocycles. The number of benzene rings is 2. The molecule has 7 rings (SSSR count). The summed E-state index contributed by atoms with van der Waals surface area (Å²) in [5.41, 5.74) is 1.73. The summed E-state index contributed by atoms with van der Waals surface area (Å²) >= 11 is 11.4. The van der Waals surface area contributed by atoms with Crippen LogP contribution in [0.3, 0.4) is 0 Å². The van der Waals surface area contributed by atoms with Crippen LogP contribution >= 0.6 is 58.6 Å². The highest BCUT2D eigenvalue weighted by Crippen LogP contribution is 2.17. The number of carbonyl (C=O) groups excluding carboxylic acids is 4. The fourth-order valence-corrected chi connectivity index (χ4v) is 6.22. The number of aromatic nitrogens is 16. The second-order valence-corrected chi connectivity index (χ2v) is 16.0. The number of ether oxygens (including phenoxy) is 5. The molecule has 0 saturated carbocycles. The highest BCUT2D eigenvalue weighted by molar-refractivity contribution is 7.99. The van der Waals surface area contributed by atoms with E-state index in [1.165, 1.54) is 44.6 Å². The predicted octanol–water partition coefficient (Wildman–Crippen LogP) is 3.95. The molecule has 0 bridgehead atoms. The summed E-state index contributed by atoms with van der Waals surface area (Å²) in [5, 5.41) is 44.0. The second-order valence-electron chi connectivity index (χ2n) is 12.5. The van der Waals surface area contributed by atoms with Gasteiger partial charge in [0.05, 0.1) is 24.3 Å². The molecule has 5 heterocycles. The minimum Gasteiger partial charge on any atom is -0.463 e. The first-order valence-corrected chi connectivity index (χ1v) is 25.2. The van der Waals surface area contributed by atoms with Gasteiger partial charge in [-0.2, -0.15) is 0 Å². The van der Waals surface area contributed by atoms with Crippen molar-refractivity contribution in [1.82, 2.24) is 80.4 Å². The van der Waals surface area contributed by atoms with Gasteiger partial charge in [-0.05, 0) is 102 Å². The predicted molar refractivity (Wildman–Crippen MR) is 253 cm³/mol. The Morgan fingerprint density at radius 2 is 1.38 bits per heavy atom. The largest absolute Gasteiger partial charge is 0.463 e. The van der Waals surface area contributed by atoms with Gasteiger partial charge in [0.1, 0.15) is 37.3 Å². The Labute approximate surface area is 417 Å². The van der Waals surface area contributed by atoms with Gasteiger partial charge in [-0.3, -0.25) is 9.48 Å². The van der Waals surface area contributed by atoms with Gasteiger partial charge in [0.25, 0.3) is 5.22 Å². The van der Waals surface area contributed by atoms with Crippen molar-refractivity contribution in [1.29, 1.82) is 0 Å². The first-order valence-electron chi connectivity index (χ1n) is 19.9. The van der Waals surface area contributed by atoms with Gasteiger partial charge < -0.3 is 28.1 Å². The Morgan fingerprint density at radius 3 is 1.90 bits per heavy atom. The second kappa shape index (κ2) is 31.8. The molecule has 0 atom stereocenters. The van der Waals surface area contributed by atoms with E-state index in [0.717, 1.165) is 5.16 Å². The highest BCUT2D eigenvalue weighted by Gasteiger charge is 2.14. The number of nitrogens with zero attached hydrogens (tertiary/aromatic N) is 16. The molecule has 0 amide bonds. The molecule has 31 heteroatoms. The van der Waals surface area contributed by atoms with Gasteiger partial charge in [0.15, 0.2) is 6.61 Å². The van der Waals surface area contributed by atoms with E-state index in [1.807, 2.05) is 39.0 Å². The molecular weight excluding hydrogens is 1000 g/mol. The number of fused-ring (bicyclic) bond motifs is 1. The molecule has 7 aromatic rings. The molecule has 0 aliphatic rings. The molecule has 0 saturated heterocycles. The van der Waals surface area contributed by atoms with Crippen molar-refractivity contribution >= 4 is 93.6 Å². The number of tetrazole rings is 2. The maximum atomic E-state index is 11.8. The lowest BCUT2D eigenvalue weighted by molar-refractivity contribution is -0.147. The standard InChI is InChI=1S/C12H13N3O4.C10H9ClN4O2S.C8H14N4O3S.C4H7N3S.C4H6N2OS/c1-3-18-11(16)7-19-12(17)8-4-5-9-10(6-8)15(2)14-13-9;1-18-10-12-13-14-15(10)6-9(16)17-8-4-2-7(11)3-5-8;1-3-14-4-5-15-7(13)6-12-8(16-2)9-10-11-12;1-7-3-5-4(6-7)8-2;1-3-5-6-4(7-3)8-2/h4-6H,3,7H2,1-2H3;2-5H,6H2,1H3;3-6H2,1-2H3;3H,1-2H3;1-2H3. The summed E-state index contributed by atoms with van der Waals surface area (Å²) in [6, 6.07) is 11.4. The third kappa shape index (κ3) is 21.3. The Morgan fingerprint density at radius 1 is 0.710 bits per heavy atom. The van der Waals surface area contributed by atoms with E-state index >= 15 is 0 Å². The Bertz CT molecular complexity index is 2590. The fraction of sp³-hybridized carbons (Fsp3) is 0.421. The first-order chi connectivity index (χ1) is 33.2. The van der Waals surface area contributed by atoms with Gasteiger partial charge in [-0.1, -0.05) is 63.9 Å². The third-order valence-electron chi connectivity index (χ3n) is 7.58. The summed E-state index contributed by atoms with van der Waals surface area (Å²) < 4.78 is 35.6. The highest BCUT2D eigenvalue weighted by atomic mass is 35.5. The normalized spacial score (nSPS) is 10.2. The van der Waals surface area contributed by atoms with Crippen molar-refractivity contribution in [2.75, 3.05) is 58.1 Å². The summed E-state index contributed by atoms with van der Waals surface area (Å²) in [6.07, 6.45) is 9.20. The summed E-state index contributed by atoms with van der Waals surface area (Å²) in [4.78, 5) is 49.8. The molecule has 5 aromatic heterocycles. The lowest BCUT2D eigenvalue weighted by atomic mass is 10.2. The minimum atomic E-state index is -0.587. The van der Waals surface area contributed by atoms with E-state index < -0.39 is 24.5 Å². The van der Waals surface area contributed by atoms with Gasteiger partial charge in [-0.15, -0.1) is 30.6 Å². The van der Waals surface area contributed by atoms with Gasteiger partial charge in [0, 0.05) is 32.6 Å². The molecule has 0 fully saturated rings. The van der Waals surface area contributed by atoms with E-state index in [9.17, 15) is 19.2 Å². The SMILES string of the molecule is CCOC(=O)COC(=O)c1ccc2nnn(C)c2c1.CCOCCOC(=O)Cn1nnnc1SC.CSc1ncn(C)n1.CSc1nnc(C)o1.CSc1nnnn1CC(=O)Oc1ccc(Cl)cc1. The first kappa shape index (κ1) is 57.1. The molecule has 372 valence electrons. The van der Waals surface area contributed by atoms with E-state index in [0.29, 0.717) is 62.0 Å². The number of esters is 4. The molecule has 26 nitrogen and oxygen atoms in total. The number of hydrogen-bond donors (Lipinski definition) is 0. The van der Waals surface area contributed by atoms with E-state index in [1.54, 1.807) is 90.8 Å². The lowest BCUT2D eigenvalue weighted by Gasteiger charge is -2.05. The van der Waals surface area contributed by atoms with Crippen LogP contribution in [-0.2, 0) is 60.5 Å². The number of aryl methyl sites for hydroxylation is 3. The van der Waals surface area contributed by atoms with Crippen LogP contribution in [0.5, 0.6) is 5.75 Å².